The maximum Gasteiger partial charge on any atom is 0.326 e. The molecule has 4 aromatic rings. The van der Waals surface area contributed by atoms with Gasteiger partial charge in [0.25, 0.3) is 11.5 Å². The summed E-state index contributed by atoms with van der Waals surface area (Å²) in [5.74, 6) is -4.57. The number of carbonyl (C=O) groups is 2. The van der Waals surface area contributed by atoms with Gasteiger partial charge in [0.2, 0.25) is 0 Å². The molecule has 0 spiro atoms. The standard InChI is InChI=1S/C25H20F2N4O5/c1-31-24(33)20(19(36-2)12-29-31)15-9-8-13(14-5-4-10-28-22(14)15)11-18(25(34)35)30-23(32)21-16(26)6-3-7-17(21)27/h3-10,12,18H,11H2,1-2H3,(H,30,32)(H,34,35). The van der Waals surface area contributed by atoms with E-state index in [4.69, 9.17) is 4.74 Å². The van der Waals surface area contributed by atoms with Crippen LogP contribution in [0.25, 0.3) is 22.0 Å². The first-order chi connectivity index (χ1) is 17.2. The van der Waals surface area contributed by atoms with Crippen molar-refractivity contribution in [2.75, 3.05) is 7.11 Å². The highest BCUT2D eigenvalue weighted by Gasteiger charge is 2.26. The quantitative estimate of drug-likeness (QED) is 0.405. The van der Waals surface area contributed by atoms with Crippen LogP contribution < -0.4 is 15.6 Å². The van der Waals surface area contributed by atoms with E-state index in [1.165, 1.54) is 26.6 Å². The maximum absolute atomic E-state index is 14.0. The largest absolute Gasteiger partial charge is 0.494 e. The second-order valence-electron chi connectivity index (χ2n) is 7.85. The highest BCUT2D eigenvalue weighted by molar-refractivity contribution is 5.98. The van der Waals surface area contributed by atoms with Gasteiger partial charge < -0.3 is 15.2 Å². The molecular weight excluding hydrogens is 474 g/mol. The molecule has 0 aliphatic carbocycles. The fourth-order valence-electron chi connectivity index (χ4n) is 3.90. The molecule has 0 radical (unpaired) electrons. The van der Waals surface area contributed by atoms with E-state index in [0.29, 0.717) is 22.0 Å². The van der Waals surface area contributed by atoms with Gasteiger partial charge in [-0.15, -0.1) is 0 Å². The number of aromatic nitrogens is 3. The summed E-state index contributed by atoms with van der Waals surface area (Å²) < 4.78 is 34.5. The minimum absolute atomic E-state index is 0.217. The molecule has 0 saturated carbocycles. The van der Waals surface area contributed by atoms with Crippen LogP contribution in [0.3, 0.4) is 0 Å². The second-order valence-corrected chi connectivity index (χ2v) is 7.85. The van der Waals surface area contributed by atoms with E-state index in [-0.39, 0.29) is 17.7 Å². The SMILES string of the molecule is COc1cnn(C)c(=O)c1-c1ccc(CC(NC(=O)c2c(F)cccc2F)C(=O)O)c2cccnc12. The Labute approximate surface area is 203 Å². The molecule has 11 heteroatoms. The average molecular weight is 494 g/mol. The van der Waals surface area contributed by atoms with Crippen LogP contribution in [0, 0.1) is 11.6 Å². The molecule has 2 aromatic carbocycles. The number of hydrogen-bond acceptors (Lipinski definition) is 6. The Hall–Kier alpha value is -4.67. The van der Waals surface area contributed by atoms with Gasteiger partial charge in [0, 0.05) is 30.6 Å². The molecular formula is C25H20F2N4O5. The number of pyridine rings is 1. The van der Waals surface area contributed by atoms with E-state index >= 15 is 0 Å². The van der Waals surface area contributed by atoms with Crippen LogP contribution in [0.15, 0.2) is 59.7 Å². The molecule has 1 atom stereocenters. The van der Waals surface area contributed by atoms with Gasteiger partial charge in [-0.1, -0.05) is 24.3 Å². The highest BCUT2D eigenvalue weighted by Crippen LogP contribution is 2.33. The van der Waals surface area contributed by atoms with Gasteiger partial charge in [0.15, 0.2) is 5.75 Å². The molecule has 0 saturated heterocycles. The van der Waals surface area contributed by atoms with Crippen molar-refractivity contribution in [3.63, 3.8) is 0 Å². The Balaban J connectivity index is 1.76. The van der Waals surface area contributed by atoms with E-state index < -0.39 is 40.7 Å². The minimum atomic E-state index is -1.51. The van der Waals surface area contributed by atoms with Crippen molar-refractivity contribution in [1.29, 1.82) is 0 Å². The van der Waals surface area contributed by atoms with E-state index in [9.17, 15) is 28.3 Å². The number of carboxylic acids is 1. The zero-order chi connectivity index (χ0) is 26.0. The third-order valence-corrected chi connectivity index (χ3v) is 5.67. The van der Waals surface area contributed by atoms with Gasteiger partial charge in [0.05, 0.1) is 24.4 Å². The molecule has 2 aromatic heterocycles. The lowest BCUT2D eigenvalue weighted by Gasteiger charge is -2.18. The molecule has 0 fully saturated rings. The van der Waals surface area contributed by atoms with Crippen molar-refractivity contribution in [3.05, 3.63) is 88.0 Å². The molecule has 0 aliphatic rings. The summed E-state index contributed by atoms with van der Waals surface area (Å²) in [7, 11) is 2.90. The Kier molecular flexibility index (Phi) is 6.73. The summed E-state index contributed by atoms with van der Waals surface area (Å²) in [5, 5.41) is 16.4. The Morgan fingerprint density at radius 1 is 1.14 bits per heavy atom. The molecule has 4 rings (SSSR count). The zero-order valence-corrected chi connectivity index (χ0v) is 19.2. The lowest BCUT2D eigenvalue weighted by atomic mass is 9.95. The Bertz CT molecular complexity index is 1530. The van der Waals surface area contributed by atoms with Gasteiger partial charge in [0.1, 0.15) is 23.2 Å². The van der Waals surface area contributed by atoms with Crippen LogP contribution in [0.5, 0.6) is 5.75 Å². The van der Waals surface area contributed by atoms with Crippen LogP contribution in [-0.2, 0) is 18.3 Å². The number of fused-ring (bicyclic) bond motifs is 1. The number of halogens is 2. The summed E-state index contributed by atoms with van der Waals surface area (Å²) in [6, 6.07) is 7.94. The number of carbonyl (C=O) groups excluding carboxylic acids is 1. The topological polar surface area (TPSA) is 123 Å². The van der Waals surface area contributed by atoms with Crippen LogP contribution in [-0.4, -0.2) is 44.9 Å². The number of hydrogen-bond donors (Lipinski definition) is 2. The van der Waals surface area contributed by atoms with E-state index in [1.807, 2.05) is 0 Å². The number of nitrogens with zero attached hydrogens (tertiary/aromatic N) is 3. The molecule has 9 nitrogen and oxygen atoms in total. The number of amides is 1. The first-order valence-corrected chi connectivity index (χ1v) is 10.7. The maximum atomic E-state index is 14.0. The number of rotatable bonds is 7. The monoisotopic (exact) mass is 494 g/mol. The number of ether oxygens (including phenoxy) is 1. The summed E-state index contributed by atoms with van der Waals surface area (Å²) in [4.78, 5) is 41.7. The fourth-order valence-corrected chi connectivity index (χ4v) is 3.90. The van der Waals surface area contributed by atoms with Crippen molar-refractivity contribution in [2.45, 2.75) is 12.5 Å². The Morgan fingerprint density at radius 3 is 2.53 bits per heavy atom. The van der Waals surface area contributed by atoms with Crippen LogP contribution in [0.2, 0.25) is 0 Å². The fraction of sp³-hybridized carbons (Fsp3) is 0.160. The smallest absolute Gasteiger partial charge is 0.326 e. The predicted octanol–water partition coefficient (Wildman–Crippen LogP) is 2.71. The number of methoxy groups -OCH3 is 1. The van der Waals surface area contributed by atoms with Crippen molar-refractivity contribution >= 4 is 22.8 Å². The highest BCUT2D eigenvalue weighted by atomic mass is 19.1. The molecule has 1 unspecified atom stereocenters. The number of aryl methyl sites for hydroxylation is 1. The van der Waals surface area contributed by atoms with Crippen molar-refractivity contribution < 1.29 is 28.2 Å². The van der Waals surface area contributed by atoms with Gasteiger partial charge in [-0.05, 0) is 23.8 Å². The number of benzene rings is 2. The summed E-state index contributed by atoms with van der Waals surface area (Å²) in [5.41, 5.74) is 0.255. The van der Waals surface area contributed by atoms with Crippen molar-refractivity contribution in [2.24, 2.45) is 7.05 Å². The summed E-state index contributed by atoms with van der Waals surface area (Å²) in [6.45, 7) is 0. The van der Waals surface area contributed by atoms with Crippen molar-refractivity contribution in [3.8, 4) is 16.9 Å². The third kappa shape index (κ3) is 4.50. The Morgan fingerprint density at radius 2 is 1.86 bits per heavy atom. The van der Waals surface area contributed by atoms with Gasteiger partial charge >= 0.3 is 5.97 Å². The molecule has 184 valence electrons. The first kappa shape index (κ1) is 24.5. The summed E-state index contributed by atoms with van der Waals surface area (Å²) >= 11 is 0. The van der Waals surface area contributed by atoms with E-state index in [2.05, 4.69) is 15.4 Å². The van der Waals surface area contributed by atoms with Crippen LogP contribution in [0.4, 0.5) is 8.78 Å². The minimum Gasteiger partial charge on any atom is -0.494 e. The van der Waals surface area contributed by atoms with E-state index in [0.717, 1.165) is 22.9 Å². The first-order valence-electron chi connectivity index (χ1n) is 10.7. The zero-order valence-electron chi connectivity index (χ0n) is 19.2. The molecule has 2 N–H and O–H groups in total. The molecule has 1 amide bonds. The lowest BCUT2D eigenvalue weighted by Crippen LogP contribution is -2.43. The second kappa shape index (κ2) is 9.90. The predicted molar refractivity (Wildman–Crippen MR) is 126 cm³/mol. The van der Waals surface area contributed by atoms with Gasteiger partial charge in [-0.2, -0.15) is 5.10 Å². The van der Waals surface area contributed by atoms with E-state index in [1.54, 1.807) is 24.3 Å². The molecule has 0 aliphatic heterocycles. The number of nitrogens with one attached hydrogen (secondary N) is 1. The normalized spacial score (nSPS) is 11.8. The van der Waals surface area contributed by atoms with Crippen molar-refractivity contribution in [1.82, 2.24) is 20.1 Å². The summed E-state index contributed by atoms with van der Waals surface area (Å²) in [6.07, 6.45) is 2.70. The van der Waals surface area contributed by atoms with Gasteiger partial charge in [-0.3, -0.25) is 14.6 Å². The molecule has 0 bridgehead atoms. The third-order valence-electron chi connectivity index (χ3n) is 5.67. The number of carboxylic acid groups (broad SMARTS) is 1. The number of aliphatic carboxylic acids is 1. The van der Waals surface area contributed by atoms with Gasteiger partial charge in [-0.25, -0.2) is 18.3 Å². The molecule has 36 heavy (non-hydrogen) atoms. The molecule has 2 heterocycles. The van der Waals surface area contributed by atoms with Crippen LogP contribution >= 0.6 is 0 Å². The average Bonchev–Trinajstić information content (AvgIpc) is 2.85. The van der Waals surface area contributed by atoms with Crippen LogP contribution in [0.1, 0.15) is 15.9 Å². The lowest BCUT2D eigenvalue weighted by molar-refractivity contribution is -0.139.